The Hall–Kier alpha value is -1.23. The van der Waals surface area contributed by atoms with Crippen LogP contribution in [-0.2, 0) is 0 Å². The summed E-state index contributed by atoms with van der Waals surface area (Å²) in [7, 11) is 0. The fraction of sp³-hybridized carbons (Fsp3) is 0.571. The van der Waals surface area contributed by atoms with Crippen LogP contribution in [0.3, 0.4) is 0 Å². The predicted octanol–water partition coefficient (Wildman–Crippen LogP) is 4.24. The molecule has 19 heavy (non-hydrogen) atoms. The van der Waals surface area contributed by atoms with Crippen molar-refractivity contribution in [1.82, 2.24) is 0 Å². The van der Waals surface area contributed by atoms with Crippen molar-refractivity contribution in [2.24, 2.45) is 0 Å². The Morgan fingerprint density at radius 3 is 2.68 bits per heavy atom. The molecule has 1 N–H and O–H groups in total. The van der Waals surface area contributed by atoms with Crippen molar-refractivity contribution < 1.29 is 4.92 Å². The molecule has 106 valence electrons. The van der Waals surface area contributed by atoms with Crippen molar-refractivity contribution in [3.05, 3.63) is 33.9 Å². The second-order valence-corrected chi connectivity index (χ2v) is 5.55. The maximum absolute atomic E-state index is 10.9. The lowest BCUT2D eigenvalue weighted by Crippen LogP contribution is -2.06. The molecule has 0 heterocycles. The number of nitrogens with zero attached hydrogens (tertiary/aromatic N) is 1. The van der Waals surface area contributed by atoms with Gasteiger partial charge in [-0.25, -0.2) is 0 Å². The molecule has 4 nitrogen and oxygen atoms in total. The number of nitrogens with one attached hydrogen (secondary N) is 1. The minimum Gasteiger partial charge on any atom is -0.379 e. The number of rotatable bonds is 9. The highest BCUT2D eigenvalue weighted by Crippen LogP contribution is 2.27. The predicted molar refractivity (Wildman–Crippen MR) is 83.2 cm³/mol. The van der Waals surface area contributed by atoms with Gasteiger partial charge < -0.3 is 5.32 Å². The Labute approximate surface area is 119 Å². The number of hydrogen-bond acceptors (Lipinski definition) is 4. The Kier molecular flexibility index (Phi) is 7.33. The van der Waals surface area contributed by atoms with Crippen LogP contribution in [0.2, 0.25) is 0 Å². The van der Waals surface area contributed by atoms with Crippen LogP contribution in [0.15, 0.2) is 18.2 Å². The zero-order valence-electron chi connectivity index (χ0n) is 11.6. The molecule has 0 radical (unpaired) electrons. The average molecular weight is 282 g/mol. The van der Waals surface area contributed by atoms with Crippen molar-refractivity contribution in [2.75, 3.05) is 23.9 Å². The fourth-order valence-electron chi connectivity index (χ4n) is 1.97. The van der Waals surface area contributed by atoms with E-state index in [1.165, 1.54) is 25.0 Å². The van der Waals surface area contributed by atoms with Crippen LogP contribution in [-0.4, -0.2) is 23.5 Å². The minimum atomic E-state index is -0.326. The lowest BCUT2D eigenvalue weighted by Gasteiger charge is -2.09. The first kappa shape index (κ1) is 15.8. The third kappa shape index (κ3) is 5.51. The fourth-order valence-corrected chi connectivity index (χ4v) is 2.47. The molecule has 1 aromatic rings. The summed E-state index contributed by atoms with van der Waals surface area (Å²) in [6, 6.07) is 5.17. The number of nitro groups is 1. The molecule has 0 saturated carbocycles. The third-order valence-corrected chi connectivity index (χ3v) is 3.72. The molecule has 0 amide bonds. The van der Waals surface area contributed by atoms with E-state index >= 15 is 0 Å². The van der Waals surface area contributed by atoms with Gasteiger partial charge in [0.15, 0.2) is 0 Å². The summed E-state index contributed by atoms with van der Waals surface area (Å²) in [5.74, 6) is 1.22. The summed E-state index contributed by atoms with van der Waals surface area (Å²) in [4.78, 5) is 10.6. The minimum absolute atomic E-state index is 0.169. The van der Waals surface area contributed by atoms with Gasteiger partial charge in [-0.2, -0.15) is 11.8 Å². The van der Waals surface area contributed by atoms with E-state index < -0.39 is 0 Å². The van der Waals surface area contributed by atoms with Gasteiger partial charge in [-0.15, -0.1) is 0 Å². The Balaban J connectivity index is 2.38. The van der Waals surface area contributed by atoms with Crippen LogP contribution in [0.5, 0.6) is 0 Å². The van der Waals surface area contributed by atoms with Crippen LogP contribution >= 0.6 is 11.8 Å². The normalized spacial score (nSPS) is 10.4. The van der Waals surface area contributed by atoms with Crippen LogP contribution < -0.4 is 5.32 Å². The lowest BCUT2D eigenvalue weighted by atomic mass is 10.1. The molecular formula is C14H22N2O2S. The van der Waals surface area contributed by atoms with Gasteiger partial charge in [0.2, 0.25) is 0 Å². The van der Waals surface area contributed by atoms with Crippen molar-refractivity contribution >= 4 is 23.1 Å². The quantitative estimate of drug-likeness (QED) is 0.418. The van der Waals surface area contributed by atoms with E-state index in [-0.39, 0.29) is 10.6 Å². The van der Waals surface area contributed by atoms with E-state index in [4.69, 9.17) is 0 Å². The Bertz CT molecular complexity index is 410. The summed E-state index contributed by atoms with van der Waals surface area (Å²) in [5.41, 5.74) is 1.76. The lowest BCUT2D eigenvalue weighted by molar-refractivity contribution is -0.384. The first-order valence-electron chi connectivity index (χ1n) is 6.63. The molecule has 0 aliphatic heterocycles. The van der Waals surface area contributed by atoms with Crippen LogP contribution in [0, 0.1) is 17.0 Å². The third-order valence-electron chi connectivity index (χ3n) is 3.02. The number of nitro benzene ring substituents is 1. The Morgan fingerprint density at radius 1 is 1.26 bits per heavy atom. The van der Waals surface area contributed by atoms with Crippen molar-refractivity contribution in [2.45, 2.75) is 32.6 Å². The van der Waals surface area contributed by atoms with Gasteiger partial charge >= 0.3 is 0 Å². The largest absolute Gasteiger partial charge is 0.379 e. The van der Waals surface area contributed by atoms with E-state index in [0.29, 0.717) is 5.69 Å². The molecule has 0 fully saturated rings. The molecule has 5 heteroatoms. The summed E-state index contributed by atoms with van der Waals surface area (Å²) < 4.78 is 0. The second kappa shape index (κ2) is 8.80. The van der Waals surface area contributed by atoms with Gasteiger partial charge in [-0.1, -0.05) is 25.0 Å². The SMILES string of the molecule is CSCCCCCCNc1c(C)cccc1[N+](=O)[O-]. The summed E-state index contributed by atoms with van der Waals surface area (Å²) in [6.07, 6.45) is 6.84. The monoisotopic (exact) mass is 282 g/mol. The smallest absolute Gasteiger partial charge is 0.292 e. The topological polar surface area (TPSA) is 55.2 Å². The van der Waals surface area contributed by atoms with Crippen LogP contribution in [0.25, 0.3) is 0 Å². The van der Waals surface area contributed by atoms with E-state index in [2.05, 4.69) is 11.6 Å². The maximum Gasteiger partial charge on any atom is 0.292 e. The molecular weight excluding hydrogens is 260 g/mol. The molecule has 0 aliphatic rings. The second-order valence-electron chi connectivity index (χ2n) is 4.56. The number of aryl methyl sites for hydroxylation is 1. The maximum atomic E-state index is 10.9. The number of anilines is 1. The van der Waals surface area contributed by atoms with Gasteiger partial charge in [0, 0.05) is 12.6 Å². The number of thioether (sulfide) groups is 1. The number of unbranched alkanes of at least 4 members (excludes halogenated alkanes) is 3. The number of para-hydroxylation sites is 1. The number of benzene rings is 1. The molecule has 1 rings (SSSR count). The van der Waals surface area contributed by atoms with E-state index in [9.17, 15) is 10.1 Å². The molecule has 0 aromatic heterocycles. The van der Waals surface area contributed by atoms with E-state index in [1.54, 1.807) is 12.1 Å². The zero-order valence-corrected chi connectivity index (χ0v) is 12.5. The summed E-state index contributed by atoms with van der Waals surface area (Å²) in [6.45, 7) is 2.69. The van der Waals surface area contributed by atoms with Crippen LogP contribution in [0.4, 0.5) is 11.4 Å². The zero-order chi connectivity index (χ0) is 14.1. The van der Waals surface area contributed by atoms with Gasteiger partial charge in [-0.05, 0) is 37.3 Å². The van der Waals surface area contributed by atoms with Gasteiger partial charge in [0.25, 0.3) is 5.69 Å². The molecule has 0 bridgehead atoms. The number of hydrogen-bond donors (Lipinski definition) is 1. The molecule has 0 unspecified atom stereocenters. The highest BCUT2D eigenvalue weighted by Gasteiger charge is 2.14. The highest BCUT2D eigenvalue weighted by atomic mass is 32.2. The molecule has 0 aliphatic carbocycles. The first-order valence-corrected chi connectivity index (χ1v) is 8.03. The Morgan fingerprint density at radius 2 is 2.00 bits per heavy atom. The van der Waals surface area contributed by atoms with E-state index in [1.807, 2.05) is 24.8 Å². The molecule has 0 saturated heterocycles. The summed E-state index contributed by atoms with van der Waals surface area (Å²) >= 11 is 1.88. The summed E-state index contributed by atoms with van der Waals surface area (Å²) in [5, 5.41) is 14.2. The molecule has 0 spiro atoms. The van der Waals surface area contributed by atoms with E-state index in [0.717, 1.165) is 18.5 Å². The highest BCUT2D eigenvalue weighted by molar-refractivity contribution is 7.98. The average Bonchev–Trinajstić information content (AvgIpc) is 2.39. The van der Waals surface area contributed by atoms with Crippen molar-refractivity contribution in [3.63, 3.8) is 0 Å². The van der Waals surface area contributed by atoms with Gasteiger partial charge in [0.1, 0.15) is 5.69 Å². The molecule has 0 atom stereocenters. The van der Waals surface area contributed by atoms with Crippen molar-refractivity contribution in [1.29, 1.82) is 0 Å². The van der Waals surface area contributed by atoms with Crippen molar-refractivity contribution in [3.8, 4) is 0 Å². The van der Waals surface area contributed by atoms with Gasteiger partial charge in [-0.3, -0.25) is 10.1 Å². The van der Waals surface area contributed by atoms with Gasteiger partial charge in [0.05, 0.1) is 4.92 Å². The first-order chi connectivity index (χ1) is 9.16. The van der Waals surface area contributed by atoms with Crippen LogP contribution in [0.1, 0.15) is 31.2 Å². The standard InChI is InChI=1S/C14H22N2O2S/c1-12-8-7-9-13(16(17)18)14(12)15-10-5-3-4-6-11-19-2/h7-9,15H,3-6,10-11H2,1-2H3. The molecule has 1 aromatic carbocycles.